The number of hydrogen-bond acceptors (Lipinski definition) is 4. The normalized spacial score (nSPS) is 27.0. The molecule has 92 valence electrons. The second-order valence-corrected chi connectivity index (χ2v) is 5.38. The van der Waals surface area contributed by atoms with Gasteiger partial charge in [0.25, 0.3) is 0 Å². The Morgan fingerprint density at radius 1 is 1.53 bits per heavy atom. The van der Waals surface area contributed by atoms with Gasteiger partial charge in [0.05, 0.1) is 17.4 Å². The molecule has 1 atom stereocenters. The van der Waals surface area contributed by atoms with Crippen LogP contribution in [-0.2, 0) is 0 Å². The lowest BCUT2D eigenvalue weighted by atomic mass is 9.90. The summed E-state index contributed by atoms with van der Waals surface area (Å²) in [5.74, 6) is 1.01. The fraction of sp³-hybridized carbons (Fsp3) is 0.667. The smallest absolute Gasteiger partial charge is 0.224 e. The molecule has 0 spiro atoms. The molecule has 1 aromatic heterocycles. The van der Waals surface area contributed by atoms with Crippen molar-refractivity contribution in [3.05, 3.63) is 11.5 Å². The van der Waals surface area contributed by atoms with E-state index < -0.39 is 0 Å². The van der Waals surface area contributed by atoms with Crippen LogP contribution in [0.5, 0.6) is 0 Å². The molecule has 0 radical (unpaired) electrons. The summed E-state index contributed by atoms with van der Waals surface area (Å²) in [5.41, 5.74) is 1.35. The Hall–Kier alpha value is -1.03. The number of halogens is 1. The minimum absolute atomic E-state index is 0.249. The van der Waals surface area contributed by atoms with E-state index in [0.717, 1.165) is 31.0 Å². The second kappa shape index (κ2) is 3.73. The van der Waals surface area contributed by atoms with Gasteiger partial charge in [-0.1, -0.05) is 6.92 Å². The molecule has 0 bridgehead atoms. The molecule has 0 saturated carbocycles. The van der Waals surface area contributed by atoms with Crippen LogP contribution in [-0.4, -0.2) is 35.6 Å². The SMILES string of the molecule is CC[C@@]12CCCN1c1nc(Cl)ncc1N(C)C2. The van der Waals surface area contributed by atoms with Crippen LogP contribution in [0, 0.1) is 0 Å². The zero-order chi connectivity index (χ0) is 12.0. The van der Waals surface area contributed by atoms with Crippen molar-refractivity contribution in [2.45, 2.75) is 31.7 Å². The minimum Gasteiger partial charge on any atom is -0.368 e. The van der Waals surface area contributed by atoms with Crippen molar-refractivity contribution in [1.29, 1.82) is 0 Å². The van der Waals surface area contributed by atoms with Crippen LogP contribution >= 0.6 is 11.6 Å². The largest absolute Gasteiger partial charge is 0.368 e. The van der Waals surface area contributed by atoms with E-state index in [1.807, 2.05) is 6.20 Å². The predicted molar refractivity (Wildman–Crippen MR) is 69.9 cm³/mol. The third kappa shape index (κ3) is 1.50. The standard InChI is InChI=1S/C12H17ClN4/c1-3-12-5-4-6-17(12)10-9(16(2)8-12)7-14-11(13)15-10/h7H,3-6,8H2,1-2H3/t12-/m0/s1. The van der Waals surface area contributed by atoms with Gasteiger partial charge in [0, 0.05) is 20.1 Å². The molecule has 1 fully saturated rings. The zero-order valence-corrected chi connectivity index (χ0v) is 11.0. The van der Waals surface area contributed by atoms with Crippen molar-refractivity contribution in [3.63, 3.8) is 0 Å². The summed E-state index contributed by atoms with van der Waals surface area (Å²) in [6, 6.07) is 0. The number of likely N-dealkylation sites (N-methyl/N-ethyl adjacent to an activating group) is 1. The average molecular weight is 253 g/mol. The van der Waals surface area contributed by atoms with Gasteiger partial charge in [-0.2, -0.15) is 4.98 Å². The van der Waals surface area contributed by atoms with Gasteiger partial charge in [0.1, 0.15) is 0 Å². The Kier molecular flexibility index (Phi) is 2.43. The first-order chi connectivity index (χ1) is 8.16. The maximum absolute atomic E-state index is 5.94. The van der Waals surface area contributed by atoms with E-state index in [1.54, 1.807) is 0 Å². The molecule has 2 aliphatic rings. The summed E-state index contributed by atoms with van der Waals surface area (Å²) in [4.78, 5) is 13.2. The molecule has 17 heavy (non-hydrogen) atoms. The fourth-order valence-electron chi connectivity index (χ4n) is 3.25. The van der Waals surface area contributed by atoms with E-state index in [2.05, 4.69) is 33.7 Å². The maximum Gasteiger partial charge on any atom is 0.224 e. The Morgan fingerprint density at radius 2 is 2.35 bits per heavy atom. The number of rotatable bonds is 1. The van der Waals surface area contributed by atoms with Gasteiger partial charge in [-0.05, 0) is 30.9 Å². The van der Waals surface area contributed by atoms with Crippen LogP contribution in [0.2, 0.25) is 5.28 Å². The van der Waals surface area contributed by atoms with E-state index in [9.17, 15) is 0 Å². The lowest BCUT2D eigenvalue weighted by Gasteiger charge is -2.47. The van der Waals surface area contributed by atoms with Crippen LogP contribution in [0.4, 0.5) is 11.5 Å². The van der Waals surface area contributed by atoms with Crippen molar-refractivity contribution in [3.8, 4) is 0 Å². The predicted octanol–water partition coefficient (Wildman–Crippen LogP) is 2.33. The van der Waals surface area contributed by atoms with E-state index in [-0.39, 0.29) is 5.54 Å². The molecule has 4 nitrogen and oxygen atoms in total. The highest BCUT2D eigenvalue weighted by Gasteiger charge is 2.45. The summed E-state index contributed by atoms with van der Waals surface area (Å²) >= 11 is 5.94. The van der Waals surface area contributed by atoms with Crippen LogP contribution in [0.1, 0.15) is 26.2 Å². The molecule has 3 rings (SSSR count). The zero-order valence-electron chi connectivity index (χ0n) is 10.3. The van der Waals surface area contributed by atoms with Crippen molar-refractivity contribution in [2.75, 3.05) is 29.9 Å². The monoisotopic (exact) mass is 252 g/mol. The first-order valence-corrected chi connectivity index (χ1v) is 6.55. The van der Waals surface area contributed by atoms with Crippen molar-refractivity contribution in [2.24, 2.45) is 0 Å². The van der Waals surface area contributed by atoms with Crippen LogP contribution < -0.4 is 9.80 Å². The van der Waals surface area contributed by atoms with Gasteiger partial charge >= 0.3 is 0 Å². The summed E-state index contributed by atoms with van der Waals surface area (Å²) in [7, 11) is 2.11. The van der Waals surface area contributed by atoms with E-state index in [0.29, 0.717) is 5.28 Å². The Labute approximate surface area is 107 Å². The van der Waals surface area contributed by atoms with E-state index >= 15 is 0 Å². The highest BCUT2D eigenvalue weighted by atomic mass is 35.5. The molecule has 2 aliphatic heterocycles. The van der Waals surface area contributed by atoms with Gasteiger partial charge < -0.3 is 9.80 Å². The number of anilines is 2. The molecule has 5 heteroatoms. The van der Waals surface area contributed by atoms with Crippen LogP contribution in [0.25, 0.3) is 0 Å². The van der Waals surface area contributed by atoms with Crippen LogP contribution in [0.3, 0.4) is 0 Å². The lowest BCUT2D eigenvalue weighted by Crippen LogP contribution is -2.55. The quantitative estimate of drug-likeness (QED) is 0.718. The Balaban J connectivity index is 2.13. The topological polar surface area (TPSA) is 32.3 Å². The summed E-state index contributed by atoms with van der Waals surface area (Å²) < 4.78 is 0. The molecule has 3 heterocycles. The second-order valence-electron chi connectivity index (χ2n) is 5.04. The first-order valence-electron chi connectivity index (χ1n) is 6.17. The summed E-state index contributed by atoms with van der Waals surface area (Å²) in [6.45, 7) is 4.41. The van der Waals surface area contributed by atoms with Gasteiger partial charge in [-0.3, -0.25) is 0 Å². The maximum atomic E-state index is 5.94. The molecule has 0 aromatic carbocycles. The van der Waals surface area contributed by atoms with Crippen molar-refractivity contribution >= 4 is 23.1 Å². The molecular formula is C12H17ClN4. The molecule has 0 N–H and O–H groups in total. The average Bonchev–Trinajstić information content (AvgIpc) is 2.73. The molecule has 0 aliphatic carbocycles. The summed E-state index contributed by atoms with van der Waals surface area (Å²) in [6.07, 6.45) is 5.47. The number of hydrogen-bond donors (Lipinski definition) is 0. The van der Waals surface area contributed by atoms with Gasteiger partial charge in [-0.25, -0.2) is 4.98 Å². The number of nitrogens with zero attached hydrogens (tertiary/aromatic N) is 4. The Morgan fingerprint density at radius 3 is 3.12 bits per heavy atom. The van der Waals surface area contributed by atoms with Crippen molar-refractivity contribution < 1.29 is 0 Å². The fourth-order valence-corrected chi connectivity index (χ4v) is 3.38. The highest BCUT2D eigenvalue weighted by molar-refractivity contribution is 6.28. The minimum atomic E-state index is 0.249. The molecule has 1 saturated heterocycles. The van der Waals surface area contributed by atoms with Crippen molar-refractivity contribution in [1.82, 2.24) is 9.97 Å². The molecule has 1 aromatic rings. The number of aromatic nitrogens is 2. The molecular weight excluding hydrogens is 236 g/mol. The van der Waals surface area contributed by atoms with Gasteiger partial charge in [0.15, 0.2) is 5.82 Å². The highest BCUT2D eigenvalue weighted by Crippen LogP contribution is 2.44. The van der Waals surface area contributed by atoms with Gasteiger partial charge in [0.2, 0.25) is 5.28 Å². The third-order valence-electron chi connectivity index (χ3n) is 4.17. The lowest BCUT2D eigenvalue weighted by molar-refractivity contribution is 0.399. The number of fused-ring (bicyclic) bond motifs is 3. The third-order valence-corrected chi connectivity index (χ3v) is 4.36. The van der Waals surface area contributed by atoms with E-state index in [1.165, 1.54) is 12.8 Å². The van der Waals surface area contributed by atoms with E-state index in [4.69, 9.17) is 11.6 Å². The Bertz CT molecular complexity index is 450. The first kappa shape index (κ1) is 11.1. The molecule has 0 amide bonds. The van der Waals surface area contributed by atoms with Crippen LogP contribution in [0.15, 0.2) is 6.20 Å². The van der Waals surface area contributed by atoms with Gasteiger partial charge in [-0.15, -0.1) is 0 Å². The molecule has 0 unspecified atom stereocenters. The summed E-state index contributed by atoms with van der Waals surface area (Å²) in [5, 5.41) is 0.343.